The first-order chi connectivity index (χ1) is 13.5. The highest BCUT2D eigenvalue weighted by Crippen LogP contribution is 2.21. The minimum absolute atomic E-state index is 0.0635. The van der Waals surface area contributed by atoms with Crippen molar-refractivity contribution in [2.24, 2.45) is 11.8 Å². The molecule has 0 aromatic carbocycles. The zero-order valence-electron chi connectivity index (χ0n) is 18.1. The van der Waals surface area contributed by atoms with Crippen molar-refractivity contribution >= 4 is 29.5 Å². The largest absolute Gasteiger partial charge is 0.460 e. The first-order valence-corrected chi connectivity index (χ1v) is 10.1. The molecule has 1 rings (SSSR count). The number of hydrogen-bond acceptors (Lipinski definition) is 6. The summed E-state index contributed by atoms with van der Waals surface area (Å²) in [4.78, 5) is 62.9. The van der Waals surface area contributed by atoms with Crippen LogP contribution in [-0.2, 0) is 28.7 Å². The van der Waals surface area contributed by atoms with Gasteiger partial charge in [-0.3, -0.25) is 19.2 Å². The molecule has 0 bridgehead atoms. The predicted molar refractivity (Wildman–Crippen MR) is 106 cm³/mol. The summed E-state index contributed by atoms with van der Waals surface area (Å²) in [5, 5.41) is 5.27. The number of Topliss-reactive ketones (excluding diaryl/α,β-unsaturated/α-hetero) is 1. The van der Waals surface area contributed by atoms with Crippen molar-refractivity contribution in [1.29, 1.82) is 0 Å². The molecule has 0 radical (unpaired) electrons. The highest BCUT2D eigenvalue weighted by molar-refractivity contribution is 6.36. The molecule has 1 saturated heterocycles. The summed E-state index contributed by atoms with van der Waals surface area (Å²) >= 11 is 0. The van der Waals surface area contributed by atoms with Crippen molar-refractivity contribution in [1.82, 2.24) is 15.5 Å². The lowest BCUT2D eigenvalue weighted by molar-refractivity contribution is -0.155. The Morgan fingerprint density at radius 1 is 1.00 bits per heavy atom. The number of ether oxygens (including phenoxy) is 1. The van der Waals surface area contributed by atoms with Gasteiger partial charge in [0.05, 0.1) is 6.61 Å². The lowest BCUT2D eigenvalue weighted by atomic mass is 9.98. The van der Waals surface area contributed by atoms with E-state index in [4.69, 9.17) is 4.74 Å². The fourth-order valence-corrected chi connectivity index (χ4v) is 3.33. The maximum absolute atomic E-state index is 13.0. The molecule has 0 saturated carbocycles. The molecule has 1 unspecified atom stereocenters. The van der Waals surface area contributed by atoms with Crippen LogP contribution in [0.25, 0.3) is 0 Å². The normalized spacial score (nSPS) is 18.3. The SMILES string of the molecule is CCOC(=O)C(=O)C(NC(=O)[C@@H]1CCCN1C(=O)[C@@H](NC(C)=O)C(C)C)C(C)C. The average Bonchev–Trinajstić information content (AvgIpc) is 3.12. The number of rotatable bonds is 9. The van der Waals surface area contributed by atoms with Gasteiger partial charge in [-0.25, -0.2) is 4.79 Å². The molecular weight excluding hydrogens is 378 g/mol. The fourth-order valence-electron chi connectivity index (χ4n) is 3.33. The van der Waals surface area contributed by atoms with Crippen molar-refractivity contribution in [3.63, 3.8) is 0 Å². The van der Waals surface area contributed by atoms with Crippen LogP contribution < -0.4 is 10.6 Å². The molecule has 0 aromatic rings. The lowest BCUT2D eigenvalue weighted by Crippen LogP contribution is -2.57. The zero-order chi connectivity index (χ0) is 22.3. The molecule has 0 aliphatic carbocycles. The third-order valence-corrected chi connectivity index (χ3v) is 4.85. The molecule has 1 aliphatic rings. The van der Waals surface area contributed by atoms with Gasteiger partial charge in [0.15, 0.2) is 0 Å². The quantitative estimate of drug-likeness (QED) is 0.419. The molecule has 164 valence electrons. The Hall–Kier alpha value is -2.45. The Labute approximate surface area is 171 Å². The van der Waals surface area contributed by atoms with E-state index in [9.17, 15) is 24.0 Å². The van der Waals surface area contributed by atoms with Gasteiger partial charge in [-0.1, -0.05) is 27.7 Å². The second-order valence-corrected chi connectivity index (χ2v) is 7.93. The minimum atomic E-state index is -1.03. The van der Waals surface area contributed by atoms with Crippen molar-refractivity contribution in [3.8, 4) is 0 Å². The Balaban J connectivity index is 2.95. The number of amides is 3. The average molecular weight is 411 g/mol. The van der Waals surface area contributed by atoms with Gasteiger partial charge in [-0.15, -0.1) is 0 Å². The molecule has 2 N–H and O–H groups in total. The number of hydrogen-bond donors (Lipinski definition) is 2. The maximum atomic E-state index is 13.0. The van der Waals surface area contributed by atoms with E-state index in [0.29, 0.717) is 19.4 Å². The molecule has 9 heteroatoms. The van der Waals surface area contributed by atoms with Crippen LogP contribution in [0.3, 0.4) is 0 Å². The molecule has 1 fully saturated rings. The van der Waals surface area contributed by atoms with E-state index in [2.05, 4.69) is 10.6 Å². The second-order valence-electron chi connectivity index (χ2n) is 7.93. The number of carbonyl (C=O) groups is 5. The number of carbonyl (C=O) groups excluding carboxylic acids is 5. The predicted octanol–water partition coefficient (Wildman–Crippen LogP) is 0.411. The highest BCUT2D eigenvalue weighted by atomic mass is 16.5. The molecule has 0 spiro atoms. The van der Waals surface area contributed by atoms with Gasteiger partial charge >= 0.3 is 5.97 Å². The Kier molecular flexibility index (Phi) is 9.26. The van der Waals surface area contributed by atoms with E-state index in [-0.39, 0.29) is 30.3 Å². The van der Waals surface area contributed by atoms with E-state index in [1.165, 1.54) is 11.8 Å². The molecule has 1 aliphatic heterocycles. The van der Waals surface area contributed by atoms with Crippen LogP contribution in [0.15, 0.2) is 0 Å². The van der Waals surface area contributed by atoms with Gasteiger partial charge in [0, 0.05) is 13.5 Å². The van der Waals surface area contributed by atoms with Crippen LogP contribution in [0.2, 0.25) is 0 Å². The summed E-state index contributed by atoms with van der Waals surface area (Å²) < 4.78 is 4.75. The molecule has 3 atom stereocenters. The van der Waals surface area contributed by atoms with Gasteiger partial charge in [-0.2, -0.15) is 0 Å². The number of ketones is 1. The maximum Gasteiger partial charge on any atom is 0.376 e. The molecule has 0 aromatic heterocycles. The first-order valence-electron chi connectivity index (χ1n) is 10.1. The van der Waals surface area contributed by atoms with E-state index in [1.807, 2.05) is 13.8 Å². The number of likely N-dealkylation sites (tertiary alicyclic amines) is 1. The minimum Gasteiger partial charge on any atom is -0.460 e. The summed E-state index contributed by atoms with van der Waals surface area (Å²) in [5.41, 5.74) is 0. The highest BCUT2D eigenvalue weighted by Gasteiger charge is 2.40. The Bertz CT molecular complexity index is 646. The van der Waals surface area contributed by atoms with E-state index in [1.54, 1.807) is 20.8 Å². The van der Waals surface area contributed by atoms with E-state index >= 15 is 0 Å². The van der Waals surface area contributed by atoms with E-state index < -0.39 is 35.8 Å². The van der Waals surface area contributed by atoms with Crippen LogP contribution in [0.4, 0.5) is 0 Å². The summed E-state index contributed by atoms with van der Waals surface area (Å²) in [6, 6.07) is -2.52. The van der Waals surface area contributed by atoms with Crippen LogP contribution in [0, 0.1) is 11.8 Å². The van der Waals surface area contributed by atoms with Crippen molar-refractivity contribution in [3.05, 3.63) is 0 Å². The zero-order valence-corrected chi connectivity index (χ0v) is 18.1. The van der Waals surface area contributed by atoms with Crippen LogP contribution in [-0.4, -0.2) is 65.7 Å². The standard InChI is InChI=1S/C20H33N3O6/c1-7-29-20(28)17(25)15(11(2)3)22-18(26)14-9-8-10-23(14)19(27)16(12(4)5)21-13(6)24/h11-12,14-16H,7-10H2,1-6H3,(H,21,24)(H,22,26)/t14-,15?,16-/m0/s1. The number of esters is 1. The van der Waals surface area contributed by atoms with Gasteiger partial charge in [0.1, 0.15) is 18.1 Å². The smallest absolute Gasteiger partial charge is 0.376 e. The van der Waals surface area contributed by atoms with Crippen molar-refractivity contribution < 1.29 is 28.7 Å². The summed E-state index contributed by atoms with van der Waals surface area (Å²) in [6.45, 7) is 10.4. The topological polar surface area (TPSA) is 122 Å². The van der Waals surface area contributed by atoms with Crippen molar-refractivity contribution in [2.45, 2.75) is 72.5 Å². The summed E-state index contributed by atoms with van der Waals surface area (Å²) in [5.74, 6) is -3.42. The lowest BCUT2D eigenvalue weighted by Gasteiger charge is -2.31. The summed E-state index contributed by atoms with van der Waals surface area (Å²) in [6.07, 6.45) is 1.08. The number of nitrogens with zero attached hydrogens (tertiary/aromatic N) is 1. The van der Waals surface area contributed by atoms with Gasteiger partial charge in [0.25, 0.3) is 5.78 Å². The van der Waals surface area contributed by atoms with Crippen molar-refractivity contribution in [2.75, 3.05) is 13.2 Å². The molecule has 1 heterocycles. The Morgan fingerprint density at radius 2 is 1.59 bits per heavy atom. The van der Waals surface area contributed by atoms with Gasteiger partial charge in [-0.05, 0) is 31.6 Å². The monoisotopic (exact) mass is 411 g/mol. The Morgan fingerprint density at radius 3 is 2.07 bits per heavy atom. The molecule has 29 heavy (non-hydrogen) atoms. The fraction of sp³-hybridized carbons (Fsp3) is 0.750. The second kappa shape index (κ2) is 10.9. The van der Waals surface area contributed by atoms with E-state index in [0.717, 1.165) is 0 Å². The molecular formula is C20H33N3O6. The van der Waals surface area contributed by atoms with Gasteiger partial charge < -0.3 is 20.3 Å². The van der Waals surface area contributed by atoms with Crippen LogP contribution in [0.5, 0.6) is 0 Å². The third-order valence-electron chi connectivity index (χ3n) is 4.85. The molecule has 9 nitrogen and oxygen atoms in total. The third kappa shape index (κ3) is 6.54. The van der Waals surface area contributed by atoms with Gasteiger partial charge in [0.2, 0.25) is 17.7 Å². The first kappa shape index (κ1) is 24.6. The van der Waals surface area contributed by atoms with Crippen LogP contribution >= 0.6 is 0 Å². The molecule has 3 amide bonds. The summed E-state index contributed by atoms with van der Waals surface area (Å²) in [7, 11) is 0. The number of nitrogens with one attached hydrogen (secondary N) is 2. The van der Waals surface area contributed by atoms with Crippen LogP contribution in [0.1, 0.15) is 54.4 Å².